The summed E-state index contributed by atoms with van der Waals surface area (Å²) < 4.78 is 5.68. The van der Waals surface area contributed by atoms with Gasteiger partial charge in [-0.15, -0.1) is 0 Å². The molecule has 2 aliphatic rings. The summed E-state index contributed by atoms with van der Waals surface area (Å²) in [7, 11) is 0. The molecule has 29 heavy (non-hydrogen) atoms. The number of esters is 1. The number of carbonyl (C=O) groups is 3. The van der Waals surface area contributed by atoms with E-state index in [0.29, 0.717) is 11.3 Å². The number of ether oxygens (including phenoxy) is 1. The van der Waals surface area contributed by atoms with Crippen molar-refractivity contribution < 1.29 is 19.1 Å². The van der Waals surface area contributed by atoms with Crippen LogP contribution < -0.4 is 4.90 Å². The third-order valence-electron chi connectivity index (χ3n) is 5.63. The Balaban J connectivity index is 1.75. The van der Waals surface area contributed by atoms with Crippen LogP contribution in [0, 0.1) is 6.92 Å². The molecule has 0 bridgehead atoms. The van der Waals surface area contributed by atoms with Gasteiger partial charge in [0.25, 0.3) is 5.91 Å². The normalized spacial score (nSPS) is 20.7. The molecule has 4 rings (SSSR count). The molecule has 2 amide bonds. The maximum absolute atomic E-state index is 13.4. The van der Waals surface area contributed by atoms with Gasteiger partial charge in [-0.25, -0.2) is 4.79 Å². The van der Waals surface area contributed by atoms with E-state index >= 15 is 0 Å². The van der Waals surface area contributed by atoms with Crippen molar-refractivity contribution in [2.24, 2.45) is 0 Å². The molecule has 0 spiro atoms. The maximum atomic E-state index is 13.4. The minimum Gasteiger partial charge on any atom is -0.458 e. The molecule has 1 atom stereocenters. The van der Waals surface area contributed by atoms with Crippen LogP contribution in [0.5, 0.6) is 0 Å². The molecule has 2 aromatic rings. The van der Waals surface area contributed by atoms with E-state index in [1.165, 1.54) is 9.80 Å². The lowest BCUT2D eigenvalue weighted by Gasteiger charge is -2.50. The van der Waals surface area contributed by atoms with Crippen LogP contribution >= 0.6 is 0 Å². The first-order valence-electron chi connectivity index (χ1n) is 9.85. The fourth-order valence-corrected chi connectivity index (χ4v) is 4.32. The topological polar surface area (TPSA) is 66.9 Å². The fourth-order valence-electron chi connectivity index (χ4n) is 4.32. The third-order valence-corrected chi connectivity index (χ3v) is 5.63. The molecule has 150 valence electrons. The van der Waals surface area contributed by atoms with Crippen molar-refractivity contribution in [3.8, 4) is 0 Å². The Morgan fingerprint density at radius 3 is 2.48 bits per heavy atom. The molecular formula is C23H24N2O4. The zero-order valence-corrected chi connectivity index (χ0v) is 16.8. The predicted octanol–water partition coefficient (Wildman–Crippen LogP) is 3.43. The molecule has 6 heteroatoms. The third kappa shape index (κ3) is 2.90. The number of carbonyl (C=O) groups excluding carboxylic acids is 3. The number of nitrogens with zero attached hydrogens (tertiary/aromatic N) is 2. The highest BCUT2D eigenvalue weighted by Crippen LogP contribution is 2.46. The van der Waals surface area contributed by atoms with E-state index in [-0.39, 0.29) is 37.3 Å². The van der Waals surface area contributed by atoms with Crippen LogP contribution in [0.15, 0.2) is 48.5 Å². The van der Waals surface area contributed by atoms with Gasteiger partial charge in [0.15, 0.2) is 0 Å². The molecule has 0 saturated carbocycles. The summed E-state index contributed by atoms with van der Waals surface area (Å²) in [6.45, 7) is 5.77. The van der Waals surface area contributed by atoms with Crippen molar-refractivity contribution >= 4 is 23.5 Å². The number of hydrogen-bond donors (Lipinski definition) is 0. The zero-order chi connectivity index (χ0) is 20.8. The van der Waals surface area contributed by atoms with E-state index in [4.69, 9.17) is 4.74 Å². The minimum atomic E-state index is -1.44. The molecule has 2 heterocycles. The molecule has 2 aliphatic heterocycles. The number of fused-ring (bicyclic) bond motifs is 3. The number of aryl methyl sites for hydroxylation is 1. The van der Waals surface area contributed by atoms with Crippen LogP contribution in [0.2, 0.25) is 0 Å². The van der Waals surface area contributed by atoms with Gasteiger partial charge in [0, 0.05) is 18.9 Å². The Kier molecular flexibility index (Phi) is 4.65. The first kappa shape index (κ1) is 19.2. The Bertz CT molecular complexity index is 983. The van der Waals surface area contributed by atoms with E-state index in [0.717, 1.165) is 11.1 Å². The van der Waals surface area contributed by atoms with Gasteiger partial charge in [0.05, 0.1) is 11.3 Å². The molecule has 0 aromatic heterocycles. The number of rotatable bonds is 4. The van der Waals surface area contributed by atoms with Gasteiger partial charge in [0.2, 0.25) is 11.6 Å². The first-order valence-corrected chi connectivity index (χ1v) is 9.85. The molecule has 0 radical (unpaired) electrons. The molecule has 2 aromatic carbocycles. The van der Waals surface area contributed by atoms with Crippen molar-refractivity contribution in [1.82, 2.24) is 4.90 Å². The minimum absolute atomic E-state index is 0.0880. The van der Waals surface area contributed by atoms with E-state index in [1.807, 2.05) is 45.0 Å². The van der Waals surface area contributed by atoms with Gasteiger partial charge >= 0.3 is 5.97 Å². The highest BCUT2D eigenvalue weighted by Gasteiger charge is 2.62. The summed E-state index contributed by atoms with van der Waals surface area (Å²) >= 11 is 0. The average Bonchev–Trinajstić information content (AvgIpc) is 3.05. The Morgan fingerprint density at radius 2 is 1.79 bits per heavy atom. The van der Waals surface area contributed by atoms with Crippen LogP contribution in [-0.4, -0.2) is 34.4 Å². The number of anilines is 1. The monoisotopic (exact) mass is 392 g/mol. The van der Waals surface area contributed by atoms with E-state index in [9.17, 15) is 14.4 Å². The second-order valence-electron chi connectivity index (χ2n) is 7.89. The quantitative estimate of drug-likeness (QED) is 0.748. The SMILES string of the molecule is Cc1ccc(COC(=O)[C@@]23CCC(=O)N2c2ccccc2C(=O)N3C(C)C)cc1. The lowest BCUT2D eigenvalue weighted by atomic mass is 9.95. The van der Waals surface area contributed by atoms with Crippen LogP contribution in [-0.2, 0) is 20.9 Å². The number of hydrogen-bond acceptors (Lipinski definition) is 4. The van der Waals surface area contributed by atoms with Crippen molar-refractivity contribution in [1.29, 1.82) is 0 Å². The van der Waals surface area contributed by atoms with E-state index in [1.54, 1.807) is 24.3 Å². The average molecular weight is 392 g/mol. The van der Waals surface area contributed by atoms with Gasteiger partial charge in [-0.1, -0.05) is 42.0 Å². The lowest BCUT2D eigenvalue weighted by molar-refractivity contribution is -0.159. The number of benzene rings is 2. The fraction of sp³-hybridized carbons (Fsp3) is 0.348. The Labute approximate surface area is 170 Å². The molecule has 1 fully saturated rings. The van der Waals surface area contributed by atoms with E-state index < -0.39 is 11.6 Å². The Morgan fingerprint density at radius 1 is 1.10 bits per heavy atom. The van der Waals surface area contributed by atoms with Crippen molar-refractivity contribution in [3.05, 3.63) is 65.2 Å². The Hall–Kier alpha value is -3.15. The number of para-hydroxylation sites is 1. The zero-order valence-electron chi connectivity index (χ0n) is 16.8. The largest absolute Gasteiger partial charge is 0.458 e. The summed E-state index contributed by atoms with van der Waals surface area (Å²) in [4.78, 5) is 42.6. The van der Waals surface area contributed by atoms with Crippen LogP contribution in [0.1, 0.15) is 48.2 Å². The highest BCUT2D eigenvalue weighted by atomic mass is 16.5. The van der Waals surface area contributed by atoms with Gasteiger partial charge < -0.3 is 9.64 Å². The molecule has 6 nitrogen and oxygen atoms in total. The summed E-state index contributed by atoms with van der Waals surface area (Å²) in [5, 5.41) is 0. The van der Waals surface area contributed by atoms with Gasteiger partial charge in [-0.05, 0) is 38.5 Å². The molecule has 1 saturated heterocycles. The second-order valence-corrected chi connectivity index (χ2v) is 7.89. The molecule has 0 N–H and O–H groups in total. The molecule has 0 unspecified atom stereocenters. The summed E-state index contributed by atoms with van der Waals surface area (Å²) in [5.41, 5.74) is 1.44. The predicted molar refractivity (Wildman–Crippen MR) is 108 cm³/mol. The van der Waals surface area contributed by atoms with Crippen molar-refractivity contribution in [3.63, 3.8) is 0 Å². The second kappa shape index (κ2) is 7.03. The molecule has 0 aliphatic carbocycles. The van der Waals surface area contributed by atoms with Crippen LogP contribution in [0.4, 0.5) is 5.69 Å². The van der Waals surface area contributed by atoms with Gasteiger partial charge in [-0.3, -0.25) is 14.5 Å². The summed E-state index contributed by atoms with van der Waals surface area (Å²) in [6, 6.07) is 14.4. The standard InChI is InChI=1S/C23H24N2O4/c1-15(2)24-21(27)18-6-4-5-7-19(18)25-20(26)12-13-23(24,25)22(28)29-14-17-10-8-16(3)9-11-17/h4-11,15H,12-14H2,1-3H3/t23-/m1/s1. The smallest absolute Gasteiger partial charge is 0.354 e. The highest BCUT2D eigenvalue weighted by molar-refractivity contribution is 6.15. The number of amides is 2. The lowest BCUT2D eigenvalue weighted by Crippen LogP contribution is -2.70. The van der Waals surface area contributed by atoms with Crippen molar-refractivity contribution in [2.75, 3.05) is 4.90 Å². The van der Waals surface area contributed by atoms with Crippen LogP contribution in [0.25, 0.3) is 0 Å². The maximum Gasteiger partial charge on any atom is 0.354 e. The van der Waals surface area contributed by atoms with Crippen molar-refractivity contribution in [2.45, 2.75) is 51.9 Å². The summed E-state index contributed by atoms with van der Waals surface area (Å²) in [6.07, 6.45) is 0.404. The summed E-state index contributed by atoms with van der Waals surface area (Å²) in [5.74, 6) is -1.00. The van der Waals surface area contributed by atoms with E-state index in [2.05, 4.69) is 0 Å². The first-order chi connectivity index (χ1) is 13.9. The van der Waals surface area contributed by atoms with Gasteiger partial charge in [0.1, 0.15) is 6.61 Å². The van der Waals surface area contributed by atoms with Crippen LogP contribution in [0.3, 0.4) is 0 Å². The molecular weight excluding hydrogens is 368 g/mol. The van der Waals surface area contributed by atoms with Gasteiger partial charge in [-0.2, -0.15) is 0 Å².